The molecule has 4 aliphatic rings. The molecule has 0 bridgehead atoms. The van der Waals surface area contributed by atoms with Gasteiger partial charge in [-0.15, -0.1) is 0 Å². The van der Waals surface area contributed by atoms with E-state index in [-0.39, 0.29) is 35.4 Å². The third-order valence-electron chi connectivity index (χ3n) is 11.2. The number of rotatable bonds is 10. The number of hydrogen-bond acceptors (Lipinski definition) is 8. The maximum Gasteiger partial charge on any atom is 0.455 e. The van der Waals surface area contributed by atoms with E-state index in [0.29, 0.717) is 34.9 Å². The molecular weight excluding hydrogens is 756 g/mol. The van der Waals surface area contributed by atoms with Crippen LogP contribution in [0.3, 0.4) is 0 Å². The summed E-state index contributed by atoms with van der Waals surface area (Å²) in [6, 6.07) is 19.8. The number of nitrogens with zero attached hydrogens (tertiary/aromatic N) is 3. The molecule has 9 nitrogen and oxygen atoms in total. The van der Waals surface area contributed by atoms with E-state index >= 15 is 0 Å². The van der Waals surface area contributed by atoms with E-state index in [9.17, 15) is 19.7 Å². The number of ether oxygens (including phenoxy) is 1. The van der Waals surface area contributed by atoms with Crippen molar-refractivity contribution >= 4 is 53.2 Å². The maximum atomic E-state index is 14.3. The van der Waals surface area contributed by atoms with Crippen molar-refractivity contribution in [2.45, 2.75) is 70.5 Å². The van der Waals surface area contributed by atoms with Crippen molar-refractivity contribution in [2.24, 2.45) is 17.8 Å². The third-order valence-corrected chi connectivity index (χ3v) is 12.0. The average Bonchev–Trinajstić information content (AvgIpc) is 3.40. The van der Waals surface area contributed by atoms with E-state index < -0.39 is 19.1 Å². The van der Waals surface area contributed by atoms with Crippen LogP contribution in [-0.4, -0.2) is 76.2 Å². The first kappa shape index (κ1) is 35.9. The molecule has 0 saturated carbocycles. The second-order valence-corrected chi connectivity index (χ2v) is 15.3. The lowest BCUT2D eigenvalue weighted by atomic mass is 9.58. The number of imide groups is 1. The molecule has 1 aliphatic carbocycles. The summed E-state index contributed by atoms with van der Waals surface area (Å²) in [7, 11) is 0.510. The van der Waals surface area contributed by atoms with Crippen molar-refractivity contribution in [3.05, 3.63) is 98.4 Å². The predicted octanol–water partition coefficient (Wildman–Crippen LogP) is 6.59. The molecule has 266 valence electrons. The van der Waals surface area contributed by atoms with Crippen LogP contribution in [0.4, 0.5) is 0 Å². The van der Waals surface area contributed by atoms with Crippen LogP contribution in [0.1, 0.15) is 62.3 Å². The SMILES string of the molecule is CCC1=C2[C@@H](CC/C(=C/c3cc(I)c(O)c(OC)c3)c3ccccn3)OB(O)C[C@@H]2[C@@H]2C(=O)N(C3CCN(Cc4ccccc4)CC3)C(=O)[C@@H]2C1. The number of hydrogen-bond donors (Lipinski definition) is 2. The van der Waals surface area contributed by atoms with Gasteiger partial charge in [-0.1, -0.05) is 48.9 Å². The van der Waals surface area contributed by atoms with Crippen LogP contribution < -0.4 is 4.74 Å². The number of aromatic nitrogens is 1. The number of piperidine rings is 1. The Morgan fingerprint density at radius 3 is 2.55 bits per heavy atom. The molecule has 2 amide bonds. The number of pyridine rings is 1. The van der Waals surface area contributed by atoms with Gasteiger partial charge in [-0.2, -0.15) is 0 Å². The highest BCUT2D eigenvalue weighted by atomic mass is 127. The molecule has 0 radical (unpaired) electrons. The van der Waals surface area contributed by atoms with Gasteiger partial charge in [-0.3, -0.25) is 24.4 Å². The smallest absolute Gasteiger partial charge is 0.455 e. The summed E-state index contributed by atoms with van der Waals surface area (Å²) in [5.74, 6) is -0.694. The summed E-state index contributed by atoms with van der Waals surface area (Å²) in [4.78, 5) is 37.1. The predicted molar refractivity (Wildman–Crippen MR) is 205 cm³/mol. The number of carbonyl (C=O) groups is 2. The van der Waals surface area contributed by atoms with Crippen molar-refractivity contribution in [3.63, 3.8) is 0 Å². The Morgan fingerprint density at radius 2 is 1.84 bits per heavy atom. The lowest BCUT2D eigenvalue weighted by molar-refractivity contribution is -0.144. The maximum absolute atomic E-state index is 14.3. The third kappa shape index (κ3) is 7.40. The standard InChI is InChI=1S/C40H45BIN3O6/c1-3-27-22-30-37(40(48)45(39(30)47)29-14-17-44(18-15-29)24-25-9-5-4-6-10-25)31-23-41(49)51-34(36(27)31)13-12-28(33-11-7-8-16-43-33)19-26-20-32(42)38(46)35(21-26)50-2/h4-11,16,19-21,29-31,34,37,46,49H,3,12-15,17-18,22-24H2,1-2H3/b28-19-/t30-,31+,34-,37-/m1/s1. The van der Waals surface area contributed by atoms with Crippen molar-refractivity contribution in [2.75, 3.05) is 20.2 Å². The molecule has 0 spiro atoms. The number of halogens is 1. The Labute approximate surface area is 314 Å². The molecule has 2 N–H and O–H groups in total. The fraction of sp³-hybridized carbons (Fsp3) is 0.425. The second kappa shape index (κ2) is 15.6. The first-order chi connectivity index (χ1) is 24.7. The fourth-order valence-corrected chi connectivity index (χ4v) is 9.44. The quantitative estimate of drug-likeness (QED) is 0.102. The second-order valence-electron chi connectivity index (χ2n) is 14.2. The summed E-state index contributed by atoms with van der Waals surface area (Å²) in [6.45, 7) is 4.67. The molecule has 0 unspecified atom stereocenters. The van der Waals surface area contributed by atoms with E-state index in [1.54, 1.807) is 17.2 Å². The van der Waals surface area contributed by atoms with Gasteiger partial charge in [0, 0.05) is 31.9 Å². The van der Waals surface area contributed by atoms with Crippen molar-refractivity contribution in [1.82, 2.24) is 14.8 Å². The fourth-order valence-electron chi connectivity index (χ4n) is 8.81. The Bertz CT molecular complexity index is 1810. The van der Waals surface area contributed by atoms with Gasteiger partial charge in [0.15, 0.2) is 11.5 Å². The number of methoxy groups -OCH3 is 1. The van der Waals surface area contributed by atoms with Crippen molar-refractivity contribution < 1.29 is 29.1 Å². The number of fused-ring (bicyclic) bond motifs is 3. The molecule has 4 heterocycles. The number of amides is 2. The van der Waals surface area contributed by atoms with Crippen LogP contribution in [0.5, 0.6) is 11.5 Å². The zero-order valence-corrected chi connectivity index (χ0v) is 31.4. The van der Waals surface area contributed by atoms with Crippen LogP contribution in [-0.2, 0) is 20.8 Å². The topological polar surface area (TPSA) is 112 Å². The van der Waals surface area contributed by atoms with Gasteiger partial charge in [0.1, 0.15) is 0 Å². The van der Waals surface area contributed by atoms with E-state index in [1.807, 2.05) is 30.3 Å². The van der Waals surface area contributed by atoms with Gasteiger partial charge >= 0.3 is 7.12 Å². The monoisotopic (exact) mass is 801 g/mol. The zero-order valence-electron chi connectivity index (χ0n) is 29.2. The van der Waals surface area contributed by atoms with Gasteiger partial charge in [0.25, 0.3) is 0 Å². The van der Waals surface area contributed by atoms with Gasteiger partial charge < -0.3 is 19.5 Å². The first-order valence-corrected chi connectivity index (χ1v) is 19.2. The Hall–Kier alpha value is -3.52. The minimum absolute atomic E-state index is 0.0339. The minimum Gasteiger partial charge on any atom is -0.504 e. The number of phenols is 1. The summed E-state index contributed by atoms with van der Waals surface area (Å²) in [5, 5.41) is 21.5. The lowest BCUT2D eigenvalue weighted by Gasteiger charge is -2.43. The van der Waals surface area contributed by atoms with Gasteiger partial charge in [0.05, 0.1) is 34.3 Å². The van der Waals surface area contributed by atoms with E-state index in [1.165, 1.54) is 18.2 Å². The van der Waals surface area contributed by atoms with Gasteiger partial charge in [-0.25, -0.2) is 0 Å². The van der Waals surface area contributed by atoms with Gasteiger partial charge in [0.2, 0.25) is 11.8 Å². The molecule has 3 fully saturated rings. The average molecular weight is 802 g/mol. The summed E-state index contributed by atoms with van der Waals surface area (Å²) in [5.41, 5.74) is 6.22. The number of carbonyl (C=O) groups excluding carboxylic acids is 2. The van der Waals surface area contributed by atoms with Crippen LogP contribution in [0.15, 0.2) is 78.0 Å². The molecule has 4 atom stereocenters. The summed E-state index contributed by atoms with van der Waals surface area (Å²) >= 11 is 2.10. The molecule has 51 heavy (non-hydrogen) atoms. The van der Waals surface area contributed by atoms with E-state index in [4.69, 9.17) is 9.39 Å². The van der Waals surface area contributed by atoms with Crippen LogP contribution in [0.2, 0.25) is 6.32 Å². The number of benzene rings is 2. The highest BCUT2D eigenvalue weighted by Crippen LogP contribution is 2.52. The van der Waals surface area contributed by atoms with Crippen molar-refractivity contribution in [1.29, 1.82) is 0 Å². The van der Waals surface area contributed by atoms with Crippen LogP contribution >= 0.6 is 22.6 Å². The number of allylic oxidation sites excluding steroid dienone is 2. The Morgan fingerprint density at radius 1 is 1.08 bits per heavy atom. The minimum atomic E-state index is -1.02. The summed E-state index contributed by atoms with van der Waals surface area (Å²) in [6.07, 6.45) is 7.78. The molecule has 7 rings (SSSR count). The summed E-state index contributed by atoms with van der Waals surface area (Å²) < 4.78 is 12.4. The molecule has 3 aromatic rings. The highest BCUT2D eigenvalue weighted by molar-refractivity contribution is 14.1. The molecule has 1 aromatic heterocycles. The van der Waals surface area contributed by atoms with Crippen LogP contribution in [0, 0.1) is 21.3 Å². The molecule has 3 aliphatic heterocycles. The number of phenolic OH excluding ortho intramolecular Hbond substituents is 1. The van der Waals surface area contributed by atoms with E-state index in [2.05, 4.69) is 69.7 Å². The van der Waals surface area contributed by atoms with E-state index in [0.717, 1.165) is 61.3 Å². The molecule has 11 heteroatoms. The number of aromatic hydroxyl groups is 1. The molecule has 2 aromatic carbocycles. The van der Waals surface area contributed by atoms with Crippen LogP contribution in [0.25, 0.3) is 11.6 Å². The number of likely N-dealkylation sites (tertiary alicyclic amines) is 2. The Balaban J connectivity index is 1.11. The zero-order chi connectivity index (χ0) is 35.6. The lowest BCUT2D eigenvalue weighted by Crippen LogP contribution is -2.48. The normalized spacial score (nSPS) is 24.6. The largest absolute Gasteiger partial charge is 0.504 e. The Kier molecular flexibility index (Phi) is 11.0. The highest BCUT2D eigenvalue weighted by Gasteiger charge is 2.58. The van der Waals surface area contributed by atoms with Crippen molar-refractivity contribution in [3.8, 4) is 11.5 Å². The molecular formula is C40H45BIN3O6. The first-order valence-electron chi connectivity index (χ1n) is 18.1. The molecule has 3 saturated heterocycles. The van der Waals surface area contributed by atoms with Gasteiger partial charge in [-0.05, 0) is 126 Å².